The molecule has 9 heteroatoms. The summed E-state index contributed by atoms with van der Waals surface area (Å²) in [6, 6.07) is 13.4. The van der Waals surface area contributed by atoms with Gasteiger partial charge in [-0.15, -0.1) is 0 Å². The van der Waals surface area contributed by atoms with Crippen LogP contribution in [0.5, 0.6) is 11.5 Å². The van der Waals surface area contributed by atoms with Gasteiger partial charge in [-0.05, 0) is 74.7 Å². The summed E-state index contributed by atoms with van der Waals surface area (Å²) in [5.74, 6) is 2.52. The van der Waals surface area contributed by atoms with Crippen molar-refractivity contribution in [2.45, 2.75) is 32.2 Å². The van der Waals surface area contributed by atoms with Crippen LogP contribution in [0, 0.1) is 5.92 Å². The standard InChI is InChI=1S/C26H31ClN4O4/c1-33-22-10-7-20(16-23(22)34-2)25-29-24(35-30-25)17-31-14-11-19(12-15-31)26(32)28-13-3-4-18-5-8-21(27)9-6-18/h5-10,16,19H,3-4,11-15,17H2,1-2H3,(H,28,32). The largest absolute Gasteiger partial charge is 0.493 e. The zero-order valence-electron chi connectivity index (χ0n) is 20.1. The van der Waals surface area contributed by atoms with Gasteiger partial charge < -0.3 is 19.3 Å². The Morgan fingerprint density at radius 1 is 1.11 bits per heavy atom. The molecule has 1 aromatic heterocycles. The van der Waals surface area contributed by atoms with Crippen molar-refractivity contribution in [1.82, 2.24) is 20.4 Å². The predicted molar refractivity (Wildman–Crippen MR) is 134 cm³/mol. The van der Waals surface area contributed by atoms with Crippen LogP contribution in [-0.2, 0) is 17.8 Å². The average Bonchev–Trinajstić information content (AvgIpc) is 3.36. The number of nitrogens with one attached hydrogen (secondary N) is 1. The van der Waals surface area contributed by atoms with Crippen LogP contribution in [0.3, 0.4) is 0 Å². The summed E-state index contributed by atoms with van der Waals surface area (Å²) in [5.41, 5.74) is 2.02. The van der Waals surface area contributed by atoms with Crippen LogP contribution >= 0.6 is 11.6 Å². The van der Waals surface area contributed by atoms with Crippen LogP contribution in [0.2, 0.25) is 5.02 Å². The second-order valence-corrected chi connectivity index (χ2v) is 9.09. The minimum atomic E-state index is 0.0480. The molecule has 0 radical (unpaired) electrons. The van der Waals surface area contributed by atoms with E-state index in [4.69, 9.17) is 25.6 Å². The fourth-order valence-electron chi connectivity index (χ4n) is 4.26. The highest BCUT2D eigenvalue weighted by molar-refractivity contribution is 6.30. The molecule has 2 heterocycles. The Bertz CT molecular complexity index is 1110. The fourth-order valence-corrected chi connectivity index (χ4v) is 4.38. The van der Waals surface area contributed by atoms with Gasteiger partial charge in [0.25, 0.3) is 0 Å². The van der Waals surface area contributed by atoms with Crippen molar-refractivity contribution in [2.24, 2.45) is 5.92 Å². The molecule has 0 spiro atoms. The van der Waals surface area contributed by atoms with E-state index in [1.165, 1.54) is 5.56 Å². The maximum atomic E-state index is 12.6. The highest BCUT2D eigenvalue weighted by atomic mass is 35.5. The van der Waals surface area contributed by atoms with Crippen molar-refractivity contribution in [3.8, 4) is 22.9 Å². The molecule has 35 heavy (non-hydrogen) atoms. The van der Waals surface area contributed by atoms with Crippen LogP contribution in [0.1, 0.15) is 30.7 Å². The highest BCUT2D eigenvalue weighted by Crippen LogP contribution is 2.31. The number of aromatic nitrogens is 2. The van der Waals surface area contributed by atoms with Gasteiger partial charge >= 0.3 is 0 Å². The maximum absolute atomic E-state index is 12.6. The molecular formula is C26H31ClN4O4. The van der Waals surface area contributed by atoms with E-state index in [9.17, 15) is 4.79 Å². The molecule has 1 aliphatic heterocycles. The summed E-state index contributed by atoms with van der Waals surface area (Å²) in [6.45, 7) is 2.88. The Morgan fingerprint density at radius 2 is 1.86 bits per heavy atom. The fraction of sp³-hybridized carbons (Fsp3) is 0.423. The molecule has 8 nitrogen and oxygen atoms in total. The molecule has 0 atom stereocenters. The highest BCUT2D eigenvalue weighted by Gasteiger charge is 2.26. The van der Waals surface area contributed by atoms with E-state index < -0.39 is 0 Å². The summed E-state index contributed by atoms with van der Waals surface area (Å²) in [5, 5.41) is 7.95. The van der Waals surface area contributed by atoms with E-state index in [0.29, 0.717) is 36.3 Å². The van der Waals surface area contributed by atoms with Crippen LogP contribution in [0.25, 0.3) is 11.4 Å². The predicted octanol–water partition coefficient (Wildman–Crippen LogP) is 4.37. The molecule has 4 rings (SSSR count). The molecule has 0 bridgehead atoms. The molecule has 3 aromatic rings. The van der Waals surface area contributed by atoms with E-state index in [2.05, 4.69) is 20.4 Å². The van der Waals surface area contributed by atoms with Gasteiger partial charge in [-0.1, -0.05) is 28.9 Å². The van der Waals surface area contributed by atoms with Crippen molar-refractivity contribution >= 4 is 17.5 Å². The molecular weight excluding hydrogens is 468 g/mol. The third kappa shape index (κ3) is 6.74. The first-order chi connectivity index (χ1) is 17.1. The minimum absolute atomic E-state index is 0.0480. The van der Waals surface area contributed by atoms with E-state index >= 15 is 0 Å². The number of nitrogens with zero attached hydrogens (tertiary/aromatic N) is 3. The van der Waals surface area contributed by atoms with E-state index in [1.807, 2.05) is 42.5 Å². The van der Waals surface area contributed by atoms with Crippen molar-refractivity contribution < 1.29 is 18.8 Å². The molecule has 186 valence electrons. The normalized spacial score (nSPS) is 14.6. The number of benzene rings is 2. The Morgan fingerprint density at radius 3 is 2.57 bits per heavy atom. The number of halogens is 1. The summed E-state index contributed by atoms with van der Waals surface area (Å²) in [4.78, 5) is 19.4. The second-order valence-electron chi connectivity index (χ2n) is 8.65. The molecule has 0 aliphatic carbocycles. The third-order valence-corrected chi connectivity index (χ3v) is 6.53. The number of hydrogen-bond acceptors (Lipinski definition) is 7. The summed E-state index contributed by atoms with van der Waals surface area (Å²) >= 11 is 5.92. The third-order valence-electron chi connectivity index (χ3n) is 6.28. The number of carbonyl (C=O) groups is 1. The van der Waals surface area contributed by atoms with E-state index in [1.54, 1.807) is 14.2 Å². The summed E-state index contributed by atoms with van der Waals surface area (Å²) < 4.78 is 16.1. The van der Waals surface area contributed by atoms with Crippen molar-refractivity contribution in [3.63, 3.8) is 0 Å². The smallest absolute Gasteiger partial charge is 0.241 e. The van der Waals surface area contributed by atoms with E-state index in [-0.39, 0.29) is 11.8 Å². The van der Waals surface area contributed by atoms with Gasteiger partial charge in [0.05, 0.1) is 20.8 Å². The molecule has 1 fully saturated rings. The van der Waals surface area contributed by atoms with E-state index in [0.717, 1.165) is 49.4 Å². The first-order valence-corrected chi connectivity index (χ1v) is 12.2. The van der Waals surface area contributed by atoms with Gasteiger partial charge in [0.2, 0.25) is 17.6 Å². The van der Waals surface area contributed by atoms with Gasteiger partial charge in [-0.25, -0.2) is 0 Å². The van der Waals surface area contributed by atoms with Gasteiger partial charge in [0.15, 0.2) is 11.5 Å². The Balaban J connectivity index is 1.20. The van der Waals surface area contributed by atoms with Crippen LogP contribution in [0.15, 0.2) is 47.0 Å². The molecule has 1 amide bonds. The number of aryl methyl sites for hydroxylation is 1. The Hall–Kier alpha value is -3.10. The molecule has 1 aliphatic rings. The first kappa shape index (κ1) is 25.0. The second kappa shape index (κ2) is 12.0. The molecule has 0 unspecified atom stereocenters. The van der Waals surface area contributed by atoms with Gasteiger partial charge in [0, 0.05) is 23.0 Å². The summed E-state index contributed by atoms with van der Waals surface area (Å²) in [7, 11) is 3.19. The Kier molecular flexibility index (Phi) is 8.60. The number of likely N-dealkylation sites (tertiary alicyclic amines) is 1. The lowest BCUT2D eigenvalue weighted by Gasteiger charge is -2.30. The maximum Gasteiger partial charge on any atom is 0.241 e. The number of rotatable bonds is 10. The van der Waals surface area contributed by atoms with Crippen molar-refractivity contribution in [3.05, 3.63) is 58.9 Å². The SMILES string of the molecule is COc1ccc(-c2noc(CN3CCC(C(=O)NCCCc4ccc(Cl)cc4)CC3)n2)cc1OC. The number of methoxy groups -OCH3 is 2. The number of piperidine rings is 1. The lowest BCUT2D eigenvalue weighted by atomic mass is 9.96. The van der Waals surface area contributed by atoms with Crippen LogP contribution in [-0.4, -0.2) is 54.8 Å². The summed E-state index contributed by atoms with van der Waals surface area (Å²) in [6.07, 6.45) is 3.47. The molecule has 1 saturated heterocycles. The number of amides is 1. The zero-order valence-corrected chi connectivity index (χ0v) is 20.9. The average molecular weight is 499 g/mol. The molecule has 2 aromatic carbocycles. The molecule has 0 saturated carbocycles. The minimum Gasteiger partial charge on any atom is -0.493 e. The molecule has 1 N–H and O–H groups in total. The number of carbonyl (C=O) groups excluding carboxylic acids is 1. The number of ether oxygens (including phenoxy) is 2. The quantitative estimate of drug-likeness (QED) is 0.415. The van der Waals surface area contributed by atoms with Gasteiger partial charge in [-0.3, -0.25) is 9.69 Å². The number of hydrogen-bond donors (Lipinski definition) is 1. The lowest BCUT2D eigenvalue weighted by molar-refractivity contribution is -0.126. The first-order valence-electron chi connectivity index (χ1n) is 11.8. The zero-order chi connectivity index (χ0) is 24.6. The van der Waals surface area contributed by atoms with Crippen molar-refractivity contribution in [1.29, 1.82) is 0 Å². The lowest BCUT2D eigenvalue weighted by Crippen LogP contribution is -2.40. The van der Waals surface area contributed by atoms with Gasteiger partial charge in [0.1, 0.15) is 0 Å². The Labute approximate surface area is 210 Å². The monoisotopic (exact) mass is 498 g/mol. The van der Waals surface area contributed by atoms with Crippen LogP contribution in [0.4, 0.5) is 0 Å². The van der Waals surface area contributed by atoms with Crippen molar-refractivity contribution in [2.75, 3.05) is 33.9 Å². The van der Waals surface area contributed by atoms with Gasteiger partial charge in [-0.2, -0.15) is 4.98 Å². The topological polar surface area (TPSA) is 89.7 Å². The van der Waals surface area contributed by atoms with Crippen LogP contribution < -0.4 is 14.8 Å².